The Morgan fingerprint density at radius 2 is 2.00 bits per heavy atom. The lowest BCUT2D eigenvalue weighted by Gasteiger charge is -2.08. The summed E-state index contributed by atoms with van der Waals surface area (Å²) in [5.74, 6) is 0.827. The van der Waals surface area contributed by atoms with Crippen molar-refractivity contribution in [1.82, 2.24) is 5.32 Å². The summed E-state index contributed by atoms with van der Waals surface area (Å²) in [4.78, 5) is 23.9. The van der Waals surface area contributed by atoms with Gasteiger partial charge in [0, 0.05) is 28.8 Å². The van der Waals surface area contributed by atoms with Crippen molar-refractivity contribution in [1.29, 1.82) is 0 Å². The highest BCUT2D eigenvalue weighted by molar-refractivity contribution is 7.99. The number of amides is 1. The molecule has 140 valence electrons. The molecule has 1 heterocycles. The fourth-order valence-corrected chi connectivity index (χ4v) is 3.83. The summed E-state index contributed by atoms with van der Waals surface area (Å²) in [6.45, 7) is 2.50. The summed E-state index contributed by atoms with van der Waals surface area (Å²) >= 11 is 7.41. The van der Waals surface area contributed by atoms with E-state index in [1.807, 2.05) is 36.4 Å². The van der Waals surface area contributed by atoms with Crippen LogP contribution < -0.4 is 10.9 Å². The van der Waals surface area contributed by atoms with E-state index in [9.17, 15) is 9.59 Å². The van der Waals surface area contributed by atoms with E-state index in [0.717, 1.165) is 28.5 Å². The maximum absolute atomic E-state index is 12.1. The molecule has 0 aliphatic rings. The molecule has 1 amide bonds. The minimum atomic E-state index is -0.364. The van der Waals surface area contributed by atoms with E-state index in [2.05, 4.69) is 12.2 Å². The Kier molecular flexibility index (Phi) is 6.58. The minimum absolute atomic E-state index is 0.0551. The van der Waals surface area contributed by atoms with Crippen molar-refractivity contribution in [2.45, 2.75) is 25.6 Å². The Hall–Kier alpha value is -2.24. The summed E-state index contributed by atoms with van der Waals surface area (Å²) in [5.41, 5.74) is 3.20. The number of carbonyl (C=O) groups is 1. The van der Waals surface area contributed by atoms with Crippen LogP contribution in [0.5, 0.6) is 0 Å². The Morgan fingerprint density at radius 3 is 2.78 bits per heavy atom. The van der Waals surface area contributed by atoms with Gasteiger partial charge in [-0.05, 0) is 41.3 Å². The smallest absolute Gasteiger partial charge is 0.336 e. The highest BCUT2D eigenvalue weighted by Gasteiger charge is 2.08. The summed E-state index contributed by atoms with van der Waals surface area (Å²) < 4.78 is 5.31. The van der Waals surface area contributed by atoms with Gasteiger partial charge in [0.25, 0.3) is 0 Å². The molecule has 6 heteroatoms. The molecule has 27 heavy (non-hydrogen) atoms. The van der Waals surface area contributed by atoms with Gasteiger partial charge in [-0.15, -0.1) is 11.8 Å². The predicted octanol–water partition coefficient (Wildman–Crippen LogP) is 4.56. The van der Waals surface area contributed by atoms with E-state index in [1.54, 1.807) is 6.07 Å². The normalized spacial score (nSPS) is 10.9. The molecule has 0 radical (unpaired) electrons. The van der Waals surface area contributed by atoms with Gasteiger partial charge in [-0.25, -0.2) is 4.79 Å². The monoisotopic (exact) mass is 401 g/mol. The number of benzene rings is 2. The van der Waals surface area contributed by atoms with E-state index >= 15 is 0 Å². The first-order chi connectivity index (χ1) is 13.0. The van der Waals surface area contributed by atoms with E-state index < -0.39 is 0 Å². The zero-order chi connectivity index (χ0) is 19.2. The second-order valence-corrected chi connectivity index (χ2v) is 7.60. The van der Waals surface area contributed by atoms with Crippen LogP contribution in [0.3, 0.4) is 0 Å². The second-order valence-electron chi connectivity index (χ2n) is 6.17. The fraction of sp³-hybridized carbons (Fsp3) is 0.238. The van der Waals surface area contributed by atoms with Crippen molar-refractivity contribution in [2.24, 2.45) is 0 Å². The molecule has 3 aromatic rings. The molecule has 0 spiro atoms. The second kappa shape index (κ2) is 9.11. The summed E-state index contributed by atoms with van der Waals surface area (Å²) in [6.07, 6.45) is 0.880. The van der Waals surface area contributed by atoms with Crippen LogP contribution >= 0.6 is 23.4 Å². The van der Waals surface area contributed by atoms with E-state index in [1.165, 1.54) is 17.8 Å². The van der Waals surface area contributed by atoms with E-state index in [-0.39, 0.29) is 11.5 Å². The number of hydrogen-bond acceptors (Lipinski definition) is 4. The third-order valence-electron chi connectivity index (χ3n) is 4.17. The highest BCUT2D eigenvalue weighted by atomic mass is 35.5. The van der Waals surface area contributed by atoms with Crippen molar-refractivity contribution in [3.63, 3.8) is 0 Å². The van der Waals surface area contributed by atoms with E-state index in [4.69, 9.17) is 16.0 Å². The Bertz CT molecular complexity index is 1020. The first-order valence-electron chi connectivity index (χ1n) is 8.69. The van der Waals surface area contributed by atoms with Crippen LogP contribution in [0.15, 0.2) is 57.7 Å². The minimum Gasteiger partial charge on any atom is -0.423 e. The van der Waals surface area contributed by atoms with Crippen LogP contribution in [-0.4, -0.2) is 11.7 Å². The van der Waals surface area contributed by atoms with Gasteiger partial charge in [0.05, 0.1) is 5.75 Å². The van der Waals surface area contributed by atoms with E-state index in [0.29, 0.717) is 28.7 Å². The first kappa shape index (κ1) is 19.5. The summed E-state index contributed by atoms with van der Waals surface area (Å²) in [7, 11) is 0. The third kappa shape index (κ3) is 5.37. The number of fused-ring (bicyclic) bond motifs is 1. The van der Waals surface area contributed by atoms with Gasteiger partial charge in [-0.3, -0.25) is 4.79 Å². The molecule has 0 unspecified atom stereocenters. The zero-order valence-electron chi connectivity index (χ0n) is 15.0. The van der Waals surface area contributed by atoms with Crippen molar-refractivity contribution in [2.75, 3.05) is 5.75 Å². The maximum Gasteiger partial charge on any atom is 0.336 e. The number of nitrogens with one attached hydrogen (secondary N) is 1. The van der Waals surface area contributed by atoms with Crippen LogP contribution in [0.2, 0.25) is 5.02 Å². The molecule has 3 rings (SSSR count). The van der Waals surface area contributed by atoms with Gasteiger partial charge in [0.15, 0.2) is 0 Å². The van der Waals surface area contributed by atoms with Crippen LogP contribution in [0, 0.1) is 0 Å². The highest BCUT2D eigenvalue weighted by Crippen LogP contribution is 2.22. The van der Waals surface area contributed by atoms with Crippen molar-refractivity contribution >= 4 is 40.2 Å². The Morgan fingerprint density at radius 1 is 1.15 bits per heavy atom. The molecule has 4 nitrogen and oxygen atoms in total. The number of hydrogen-bond donors (Lipinski definition) is 1. The average molecular weight is 402 g/mol. The summed E-state index contributed by atoms with van der Waals surface area (Å²) in [5, 5.41) is 4.44. The molecule has 0 aliphatic heterocycles. The lowest BCUT2D eigenvalue weighted by molar-refractivity contribution is -0.118. The van der Waals surface area contributed by atoms with Gasteiger partial charge in [-0.1, -0.05) is 42.8 Å². The van der Waals surface area contributed by atoms with Crippen molar-refractivity contribution in [3.8, 4) is 0 Å². The summed E-state index contributed by atoms with van der Waals surface area (Å²) in [6, 6.07) is 14.8. The fourth-order valence-electron chi connectivity index (χ4n) is 2.77. The molecule has 0 saturated carbocycles. The van der Waals surface area contributed by atoms with Gasteiger partial charge in [-0.2, -0.15) is 0 Å². The largest absolute Gasteiger partial charge is 0.423 e. The first-order valence-corrected chi connectivity index (χ1v) is 10.2. The molecule has 0 aliphatic carbocycles. The van der Waals surface area contributed by atoms with Crippen molar-refractivity contribution < 1.29 is 9.21 Å². The number of carbonyl (C=O) groups excluding carboxylic acids is 1. The maximum atomic E-state index is 12.1. The Balaban J connectivity index is 1.58. The molecule has 0 saturated heterocycles. The predicted molar refractivity (Wildman–Crippen MR) is 111 cm³/mol. The number of rotatable bonds is 7. The zero-order valence-corrected chi connectivity index (χ0v) is 16.5. The number of thioether (sulfide) groups is 1. The average Bonchev–Trinajstić information content (AvgIpc) is 2.65. The molecular formula is C21H20ClNO3S. The lowest BCUT2D eigenvalue weighted by atomic mass is 10.1. The van der Waals surface area contributed by atoms with Gasteiger partial charge in [0.2, 0.25) is 5.91 Å². The molecule has 1 aromatic heterocycles. The third-order valence-corrected chi connectivity index (χ3v) is 5.39. The molecular weight excluding hydrogens is 382 g/mol. The quantitative estimate of drug-likeness (QED) is 0.589. The van der Waals surface area contributed by atoms with Crippen LogP contribution in [-0.2, 0) is 23.5 Å². The topological polar surface area (TPSA) is 59.3 Å². The van der Waals surface area contributed by atoms with Gasteiger partial charge < -0.3 is 9.73 Å². The SMILES string of the molecule is CCc1ccc2c(CSCC(=O)NCc3cccc(Cl)c3)cc(=O)oc2c1. The molecule has 2 aromatic carbocycles. The van der Waals surface area contributed by atoms with Crippen LogP contribution in [0.4, 0.5) is 0 Å². The van der Waals surface area contributed by atoms with Gasteiger partial charge >= 0.3 is 5.63 Å². The van der Waals surface area contributed by atoms with Crippen molar-refractivity contribution in [3.05, 3.63) is 80.7 Å². The molecule has 0 atom stereocenters. The van der Waals surface area contributed by atoms with Gasteiger partial charge in [0.1, 0.15) is 5.58 Å². The molecule has 1 N–H and O–H groups in total. The molecule has 0 bridgehead atoms. The number of aryl methyl sites for hydroxylation is 1. The van der Waals surface area contributed by atoms with Crippen LogP contribution in [0.25, 0.3) is 11.0 Å². The van der Waals surface area contributed by atoms with Crippen LogP contribution in [0.1, 0.15) is 23.6 Å². The number of halogens is 1. The molecule has 0 fully saturated rings. The lowest BCUT2D eigenvalue weighted by Crippen LogP contribution is -2.24. The standard InChI is InChI=1S/C21H20ClNO3S/c1-2-14-6-7-18-16(10-21(25)26-19(18)9-14)12-27-13-20(24)23-11-15-4-3-5-17(22)8-15/h3-10H,2,11-13H2,1H3,(H,23,24). The Labute approximate surface area is 166 Å².